The molecule has 2 N–H and O–H groups in total. The molecule has 0 bridgehead atoms. The van der Waals surface area contributed by atoms with E-state index in [1.165, 1.54) is 49.9 Å². The zero-order valence-electron chi connectivity index (χ0n) is 16.6. The molecule has 0 aromatic heterocycles. The highest BCUT2D eigenvalue weighted by molar-refractivity contribution is 14.0. The van der Waals surface area contributed by atoms with E-state index in [0.29, 0.717) is 13.1 Å². The van der Waals surface area contributed by atoms with E-state index >= 15 is 0 Å². The first-order valence-corrected chi connectivity index (χ1v) is 10.3. The van der Waals surface area contributed by atoms with Crippen LogP contribution in [0.5, 0.6) is 0 Å². The summed E-state index contributed by atoms with van der Waals surface area (Å²) in [6.45, 7) is 8.68. The Bertz CT molecular complexity index is 587. The van der Waals surface area contributed by atoms with Crippen molar-refractivity contribution in [2.24, 2.45) is 4.99 Å². The quantitative estimate of drug-likeness (QED) is 0.382. The van der Waals surface area contributed by atoms with Gasteiger partial charge < -0.3 is 15.3 Å². The number of hydrogen-bond donors (Lipinski definition) is 2. The Labute approximate surface area is 181 Å². The van der Waals surface area contributed by atoms with E-state index in [1.807, 2.05) is 0 Å². The molecule has 2 aliphatic heterocycles. The fraction of sp³-hybridized carbons (Fsp3) is 0.667. The second-order valence-corrected chi connectivity index (χ2v) is 7.57. The summed E-state index contributed by atoms with van der Waals surface area (Å²) in [4.78, 5) is 9.56. The van der Waals surface area contributed by atoms with Gasteiger partial charge in [-0.3, -0.25) is 4.90 Å². The molecule has 2 fully saturated rings. The van der Waals surface area contributed by atoms with Crippen LogP contribution in [-0.4, -0.2) is 59.7 Å². The lowest BCUT2D eigenvalue weighted by Gasteiger charge is -2.21. The minimum atomic E-state index is -0.226. The van der Waals surface area contributed by atoms with E-state index in [0.717, 1.165) is 32.0 Å². The number of aliphatic hydroxyl groups is 1. The van der Waals surface area contributed by atoms with Crippen molar-refractivity contribution in [2.75, 3.05) is 32.7 Å². The van der Waals surface area contributed by atoms with Gasteiger partial charge in [-0.2, -0.15) is 0 Å². The van der Waals surface area contributed by atoms with Gasteiger partial charge in [-0.15, -0.1) is 24.0 Å². The van der Waals surface area contributed by atoms with Gasteiger partial charge in [0.1, 0.15) is 0 Å². The molecule has 1 aromatic rings. The molecule has 3 rings (SSSR count). The molecule has 1 aromatic carbocycles. The van der Waals surface area contributed by atoms with Crippen molar-refractivity contribution < 1.29 is 5.11 Å². The van der Waals surface area contributed by atoms with Gasteiger partial charge in [0.15, 0.2) is 5.96 Å². The van der Waals surface area contributed by atoms with Gasteiger partial charge in [-0.05, 0) is 50.4 Å². The molecule has 2 saturated heterocycles. The van der Waals surface area contributed by atoms with Crippen molar-refractivity contribution >= 4 is 29.9 Å². The lowest BCUT2D eigenvalue weighted by molar-refractivity contribution is 0.188. The maximum atomic E-state index is 9.78. The average molecular weight is 486 g/mol. The molecule has 0 amide bonds. The molecular weight excluding hydrogens is 451 g/mol. The molecule has 152 valence electrons. The van der Waals surface area contributed by atoms with Crippen molar-refractivity contribution in [3.63, 3.8) is 0 Å². The van der Waals surface area contributed by atoms with Crippen molar-refractivity contribution in [1.29, 1.82) is 0 Å². The second kappa shape index (κ2) is 11.9. The smallest absolute Gasteiger partial charge is 0.194 e. The van der Waals surface area contributed by atoms with Crippen LogP contribution >= 0.6 is 24.0 Å². The summed E-state index contributed by atoms with van der Waals surface area (Å²) in [5.41, 5.74) is 2.65. The molecule has 0 unspecified atom stereocenters. The third kappa shape index (κ3) is 7.23. The Morgan fingerprint density at radius 2 is 1.89 bits per heavy atom. The number of rotatable bonds is 5. The van der Waals surface area contributed by atoms with E-state index < -0.39 is 0 Å². The second-order valence-electron chi connectivity index (χ2n) is 7.57. The van der Waals surface area contributed by atoms with Crippen molar-refractivity contribution in [2.45, 2.75) is 58.2 Å². The predicted octanol–water partition coefficient (Wildman–Crippen LogP) is 3.21. The number of aliphatic imine (C=N–C) groups is 1. The van der Waals surface area contributed by atoms with Crippen LogP contribution in [0.2, 0.25) is 0 Å². The van der Waals surface area contributed by atoms with Gasteiger partial charge in [0.2, 0.25) is 0 Å². The Morgan fingerprint density at radius 3 is 2.56 bits per heavy atom. The molecule has 1 atom stereocenters. The number of nitrogens with zero attached hydrogens (tertiary/aromatic N) is 3. The summed E-state index contributed by atoms with van der Waals surface area (Å²) in [6.07, 6.45) is 6.02. The highest BCUT2D eigenvalue weighted by Crippen LogP contribution is 2.15. The van der Waals surface area contributed by atoms with Gasteiger partial charge in [0.25, 0.3) is 0 Å². The normalized spacial score (nSPS) is 21.6. The third-order valence-electron chi connectivity index (χ3n) is 5.31. The first-order valence-electron chi connectivity index (χ1n) is 10.3. The van der Waals surface area contributed by atoms with Crippen LogP contribution in [0.4, 0.5) is 0 Å². The van der Waals surface area contributed by atoms with Gasteiger partial charge in [-0.1, -0.05) is 37.1 Å². The first-order chi connectivity index (χ1) is 12.7. The summed E-state index contributed by atoms with van der Waals surface area (Å²) in [6, 6.07) is 8.86. The Hall–Kier alpha value is -0.860. The van der Waals surface area contributed by atoms with Gasteiger partial charge >= 0.3 is 0 Å². The molecular formula is C21H35IN4O. The van der Waals surface area contributed by atoms with Crippen LogP contribution in [0.3, 0.4) is 0 Å². The zero-order valence-corrected chi connectivity index (χ0v) is 18.9. The fourth-order valence-corrected chi connectivity index (χ4v) is 3.91. The van der Waals surface area contributed by atoms with Crippen LogP contribution in [0.25, 0.3) is 0 Å². The fourth-order valence-electron chi connectivity index (χ4n) is 3.91. The standard InChI is InChI=1S/C21H34N4O.HI/c1-2-22-21(25-13-10-20(26)17-25)23-15-18-8-7-9-19(14-18)16-24-11-5-3-4-6-12-24;/h7-9,14,20,26H,2-6,10-13,15-17H2,1H3,(H,22,23);1H/t20-;/m1./s1. The van der Waals surface area contributed by atoms with E-state index in [-0.39, 0.29) is 30.1 Å². The minimum absolute atomic E-state index is 0. The molecule has 0 spiro atoms. The van der Waals surface area contributed by atoms with Gasteiger partial charge in [0.05, 0.1) is 12.6 Å². The Balaban J connectivity index is 0.00000261. The lowest BCUT2D eigenvalue weighted by atomic mass is 10.1. The summed E-state index contributed by atoms with van der Waals surface area (Å²) in [5, 5.41) is 13.1. The number of β-amino-alcohol motifs (C(OH)–C–C–N with tert-alkyl or cyclic N) is 1. The SMILES string of the molecule is CCNC(=NCc1cccc(CN2CCCCCC2)c1)N1CC[C@@H](O)C1.I. The summed E-state index contributed by atoms with van der Waals surface area (Å²) in [5.74, 6) is 0.918. The van der Waals surface area contributed by atoms with E-state index in [4.69, 9.17) is 4.99 Å². The number of aliphatic hydroxyl groups excluding tert-OH is 1. The molecule has 0 radical (unpaired) electrons. The van der Waals surface area contributed by atoms with E-state index in [9.17, 15) is 5.11 Å². The summed E-state index contributed by atoms with van der Waals surface area (Å²) < 4.78 is 0. The maximum Gasteiger partial charge on any atom is 0.194 e. The first kappa shape index (κ1) is 22.4. The maximum absolute atomic E-state index is 9.78. The van der Waals surface area contributed by atoms with Crippen LogP contribution < -0.4 is 5.32 Å². The van der Waals surface area contributed by atoms with Crippen LogP contribution in [0.15, 0.2) is 29.3 Å². The Kier molecular flexibility index (Phi) is 9.86. The number of hydrogen-bond acceptors (Lipinski definition) is 3. The highest BCUT2D eigenvalue weighted by Gasteiger charge is 2.22. The molecule has 5 nitrogen and oxygen atoms in total. The molecule has 2 aliphatic rings. The monoisotopic (exact) mass is 486 g/mol. The highest BCUT2D eigenvalue weighted by atomic mass is 127. The molecule has 27 heavy (non-hydrogen) atoms. The topological polar surface area (TPSA) is 51.1 Å². The number of benzene rings is 1. The van der Waals surface area contributed by atoms with Gasteiger partial charge in [0, 0.05) is 26.2 Å². The van der Waals surface area contributed by atoms with E-state index in [1.54, 1.807) is 0 Å². The van der Waals surface area contributed by atoms with Crippen LogP contribution in [-0.2, 0) is 13.1 Å². The molecule has 0 aliphatic carbocycles. The molecule has 2 heterocycles. The largest absolute Gasteiger partial charge is 0.391 e. The summed E-state index contributed by atoms with van der Waals surface area (Å²) >= 11 is 0. The van der Waals surface area contributed by atoms with Crippen LogP contribution in [0, 0.1) is 0 Å². The third-order valence-corrected chi connectivity index (χ3v) is 5.31. The van der Waals surface area contributed by atoms with Crippen molar-refractivity contribution in [1.82, 2.24) is 15.1 Å². The van der Waals surface area contributed by atoms with Gasteiger partial charge in [-0.25, -0.2) is 4.99 Å². The van der Waals surface area contributed by atoms with Crippen LogP contribution in [0.1, 0.15) is 50.2 Å². The predicted molar refractivity (Wildman–Crippen MR) is 123 cm³/mol. The minimum Gasteiger partial charge on any atom is -0.391 e. The number of nitrogens with one attached hydrogen (secondary N) is 1. The lowest BCUT2D eigenvalue weighted by Crippen LogP contribution is -2.40. The summed E-state index contributed by atoms with van der Waals surface area (Å²) in [7, 11) is 0. The molecule has 0 saturated carbocycles. The van der Waals surface area contributed by atoms with Crippen molar-refractivity contribution in [3.8, 4) is 0 Å². The number of halogens is 1. The van der Waals surface area contributed by atoms with Crippen molar-refractivity contribution in [3.05, 3.63) is 35.4 Å². The number of guanidine groups is 1. The Morgan fingerprint density at radius 1 is 1.15 bits per heavy atom. The number of likely N-dealkylation sites (tertiary alicyclic amines) is 2. The average Bonchev–Trinajstić information content (AvgIpc) is 2.91. The zero-order chi connectivity index (χ0) is 18.2. The van der Waals surface area contributed by atoms with E-state index in [2.05, 4.69) is 46.3 Å². The molecule has 6 heteroatoms.